The average molecular weight is 286 g/mol. The second-order valence-electron chi connectivity index (χ2n) is 3.65. The lowest BCUT2D eigenvalue weighted by Gasteiger charge is -2.09. The molecule has 1 radical (unpaired) electrons. The third kappa shape index (κ3) is 3.71. The van der Waals surface area contributed by atoms with Gasteiger partial charge in [-0.15, -0.1) is 11.3 Å². The first-order chi connectivity index (χ1) is 8.15. The lowest BCUT2D eigenvalue weighted by Crippen LogP contribution is -1.97. The molecule has 1 aromatic heterocycles. The van der Waals surface area contributed by atoms with Crippen molar-refractivity contribution >= 4 is 34.5 Å². The number of rotatable bonds is 4. The van der Waals surface area contributed by atoms with Crippen LogP contribution in [0.1, 0.15) is 23.0 Å². The average Bonchev–Trinajstić information content (AvgIpc) is 2.73. The van der Waals surface area contributed by atoms with Gasteiger partial charge in [-0.25, -0.2) is 0 Å². The summed E-state index contributed by atoms with van der Waals surface area (Å²) in [5.41, 5.74) is 0.869. The highest BCUT2D eigenvalue weighted by Crippen LogP contribution is 2.27. The molecule has 1 N–H and O–H groups in total. The summed E-state index contributed by atoms with van der Waals surface area (Å²) in [6, 6.07) is 11.0. The molecule has 89 valence electrons. The molecule has 1 atom stereocenters. The van der Waals surface area contributed by atoms with E-state index in [0.717, 1.165) is 14.8 Å². The predicted octanol–water partition coefficient (Wildman–Crippen LogP) is 4.73. The maximum absolute atomic E-state index is 9.98. The topological polar surface area (TPSA) is 20.2 Å². The van der Waals surface area contributed by atoms with E-state index in [1.165, 1.54) is 11.3 Å². The molecule has 2 aromatic rings. The number of hydrogen-bond donors (Lipinski definition) is 1. The largest absolute Gasteiger partial charge is 0.388 e. The quantitative estimate of drug-likeness (QED) is 0.861. The minimum absolute atomic E-state index is 0.506. The third-order valence-electron chi connectivity index (χ3n) is 2.39. The van der Waals surface area contributed by atoms with Gasteiger partial charge in [-0.1, -0.05) is 35.3 Å². The Morgan fingerprint density at radius 2 is 1.82 bits per heavy atom. The zero-order chi connectivity index (χ0) is 12.3. The first-order valence-electron chi connectivity index (χ1n) is 5.17. The van der Waals surface area contributed by atoms with E-state index in [1.54, 1.807) is 12.1 Å². The zero-order valence-corrected chi connectivity index (χ0v) is 11.3. The molecule has 0 fully saturated rings. The van der Waals surface area contributed by atoms with Crippen molar-refractivity contribution in [3.8, 4) is 0 Å². The van der Waals surface area contributed by atoms with E-state index in [4.69, 9.17) is 23.2 Å². The molecule has 17 heavy (non-hydrogen) atoms. The number of halogens is 2. The van der Waals surface area contributed by atoms with Gasteiger partial charge in [0.1, 0.15) is 0 Å². The molecule has 1 heterocycles. The highest BCUT2D eigenvalue weighted by Gasteiger charge is 2.08. The van der Waals surface area contributed by atoms with Gasteiger partial charge in [0, 0.05) is 16.3 Å². The molecule has 2 rings (SSSR count). The number of aliphatic hydroxyl groups is 1. The summed E-state index contributed by atoms with van der Waals surface area (Å²) in [4.78, 5) is 1.07. The fourth-order valence-corrected chi connectivity index (χ4v) is 2.62. The molecule has 0 amide bonds. The van der Waals surface area contributed by atoms with Crippen LogP contribution in [0.15, 0.2) is 36.4 Å². The van der Waals surface area contributed by atoms with Gasteiger partial charge in [0.05, 0.1) is 10.4 Å². The van der Waals surface area contributed by atoms with Crippen molar-refractivity contribution in [2.45, 2.75) is 12.5 Å². The van der Waals surface area contributed by atoms with Crippen LogP contribution in [-0.2, 0) is 0 Å². The molecule has 4 heteroatoms. The van der Waals surface area contributed by atoms with Crippen LogP contribution in [0.4, 0.5) is 0 Å². The van der Waals surface area contributed by atoms with Crippen LogP contribution in [0.25, 0.3) is 0 Å². The van der Waals surface area contributed by atoms with Gasteiger partial charge in [-0.05, 0) is 36.2 Å². The molecular weight excluding hydrogens is 275 g/mol. The van der Waals surface area contributed by atoms with Crippen LogP contribution in [-0.4, -0.2) is 5.11 Å². The normalized spacial score (nSPS) is 12.6. The first-order valence-corrected chi connectivity index (χ1v) is 6.74. The van der Waals surface area contributed by atoms with E-state index < -0.39 is 6.10 Å². The van der Waals surface area contributed by atoms with Crippen molar-refractivity contribution in [3.63, 3.8) is 0 Å². The third-order valence-corrected chi connectivity index (χ3v) is 3.87. The van der Waals surface area contributed by atoms with Crippen molar-refractivity contribution in [1.29, 1.82) is 0 Å². The summed E-state index contributed by atoms with van der Waals surface area (Å²) >= 11 is 13.1. The number of thiophene rings is 1. The summed E-state index contributed by atoms with van der Waals surface area (Å²) in [6.07, 6.45) is 2.04. The van der Waals surface area contributed by atoms with Crippen LogP contribution in [0.5, 0.6) is 0 Å². The van der Waals surface area contributed by atoms with E-state index >= 15 is 0 Å². The summed E-state index contributed by atoms with van der Waals surface area (Å²) < 4.78 is 0.761. The van der Waals surface area contributed by atoms with Gasteiger partial charge in [-0.2, -0.15) is 0 Å². The summed E-state index contributed by atoms with van der Waals surface area (Å²) in [5.74, 6) is 0. The molecule has 0 spiro atoms. The summed E-state index contributed by atoms with van der Waals surface area (Å²) in [6.45, 7) is 0. The van der Waals surface area contributed by atoms with Crippen molar-refractivity contribution in [3.05, 3.63) is 62.6 Å². The summed E-state index contributed by atoms with van der Waals surface area (Å²) in [5, 5.41) is 10.7. The van der Waals surface area contributed by atoms with Gasteiger partial charge in [0.15, 0.2) is 0 Å². The van der Waals surface area contributed by atoms with Crippen LogP contribution >= 0.6 is 34.5 Å². The molecule has 0 saturated heterocycles. The van der Waals surface area contributed by atoms with E-state index in [-0.39, 0.29) is 0 Å². The Kier molecular flexibility index (Phi) is 4.46. The Morgan fingerprint density at radius 1 is 1.12 bits per heavy atom. The van der Waals surface area contributed by atoms with Crippen molar-refractivity contribution in [1.82, 2.24) is 0 Å². The molecule has 0 saturated carbocycles. The molecule has 0 aliphatic rings. The smallest absolute Gasteiger partial charge is 0.0931 e. The van der Waals surface area contributed by atoms with Crippen LogP contribution in [0.3, 0.4) is 0 Å². The Bertz CT molecular complexity index is 478. The predicted molar refractivity (Wildman–Crippen MR) is 73.8 cm³/mol. The van der Waals surface area contributed by atoms with Gasteiger partial charge >= 0.3 is 0 Å². The summed E-state index contributed by atoms with van der Waals surface area (Å²) in [7, 11) is 0. The Balaban J connectivity index is 1.93. The van der Waals surface area contributed by atoms with Crippen LogP contribution in [0.2, 0.25) is 9.36 Å². The van der Waals surface area contributed by atoms with Crippen molar-refractivity contribution in [2.24, 2.45) is 0 Å². The van der Waals surface area contributed by atoms with Crippen LogP contribution in [0, 0.1) is 6.42 Å². The van der Waals surface area contributed by atoms with Crippen molar-refractivity contribution in [2.75, 3.05) is 0 Å². The Hall–Kier alpha value is -0.540. The first kappa shape index (κ1) is 12.9. The standard InChI is InChI=1S/C13H11Cl2OS/c14-10-3-1-9(2-4-10)12(16)7-5-11-6-8-13(15)17-11/h1-6,8,12,16H,7H2. The highest BCUT2D eigenvalue weighted by molar-refractivity contribution is 7.16. The molecule has 0 aliphatic heterocycles. The van der Waals surface area contributed by atoms with E-state index in [9.17, 15) is 5.11 Å². The zero-order valence-electron chi connectivity index (χ0n) is 8.94. The van der Waals surface area contributed by atoms with Gasteiger partial charge in [0.2, 0.25) is 0 Å². The van der Waals surface area contributed by atoms with Gasteiger partial charge in [-0.3, -0.25) is 0 Å². The molecular formula is C13H11Cl2OS. The van der Waals surface area contributed by atoms with Gasteiger partial charge in [0.25, 0.3) is 0 Å². The molecule has 1 nitrogen and oxygen atoms in total. The fourth-order valence-electron chi connectivity index (χ4n) is 1.49. The monoisotopic (exact) mass is 285 g/mol. The van der Waals surface area contributed by atoms with E-state index in [1.807, 2.05) is 30.7 Å². The molecule has 0 bridgehead atoms. The van der Waals surface area contributed by atoms with E-state index in [0.29, 0.717) is 11.4 Å². The minimum atomic E-state index is -0.506. The van der Waals surface area contributed by atoms with Crippen molar-refractivity contribution < 1.29 is 5.11 Å². The number of benzene rings is 1. The second-order valence-corrected chi connectivity index (χ2v) is 5.83. The lowest BCUT2D eigenvalue weighted by atomic mass is 10.0. The maximum atomic E-state index is 9.98. The second kappa shape index (κ2) is 5.87. The minimum Gasteiger partial charge on any atom is -0.388 e. The molecule has 1 aromatic carbocycles. The number of aliphatic hydroxyl groups excluding tert-OH is 1. The Labute approximate surface area is 115 Å². The SMILES string of the molecule is OC(C[CH]c1ccc(Cl)s1)c1ccc(Cl)cc1. The van der Waals surface area contributed by atoms with Gasteiger partial charge < -0.3 is 5.11 Å². The highest BCUT2D eigenvalue weighted by atomic mass is 35.5. The molecule has 1 unspecified atom stereocenters. The fraction of sp³-hybridized carbons (Fsp3) is 0.154. The Morgan fingerprint density at radius 3 is 2.41 bits per heavy atom. The van der Waals surface area contributed by atoms with E-state index in [2.05, 4.69) is 0 Å². The maximum Gasteiger partial charge on any atom is 0.0931 e. The lowest BCUT2D eigenvalue weighted by molar-refractivity contribution is 0.178. The molecule has 0 aliphatic carbocycles. The number of hydrogen-bond acceptors (Lipinski definition) is 2. The van der Waals surface area contributed by atoms with Crippen LogP contribution < -0.4 is 0 Å².